The predicted octanol–water partition coefficient (Wildman–Crippen LogP) is 2.90. The molecule has 7 nitrogen and oxygen atoms in total. The molecule has 9 heteroatoms. The van der Waals surface area contributed by atoms with Crippen molar-refractivity contribution in [1.29, 1.82) is 0 Å². The molecule has 1 saturated heterocycles. The van der Waals surface area contributed by atoms with Crippen molar-refractivity contribution in [3.05, 3.63) is 34.7 Å². The van der Waals surface area contributed by atoms with Crippen LogP contribution in [-0.4, -0.2) is 51.8 Å². The average molecular weight is 437 g/mol. The Bertz CT molecular complexity index is 821. The van der Waals surface area contributed by atoms with Crippen molar-refractivity contribution in [2.45, 2.75) is 32.7 Å². The molecule has 1 aliphatic heterocycles. The number of carbonyl (C=O) groups is 3. The molecule has 0 saturated carbocycles. The molecule has 1 atom stereocenters. The average Bonchev–Trinajstić information content (AvgIpc) is 2.92. The molecule has 1 aromatic rings. The minimum atomic E-state index is -1.07. The van der Waals surface area contributed by atoms with E-state index in [4.69, 9.17) is 17.0 Å². The second-order valence-corrected chi connectivity index (χ2v) is 8.62. The van der Waals surface area contributed by atoms with Gasteiger partial charge < -0.3 is 15.2 Å². The number of thioether (sulfide) groups is 1. The van der Waals surface area contributed by atoms with Crippen molar-refractivity contribution in [1.82, 2.24) is 10.2 Å². The van der Waals surface area contributed by atoms with Gasteiger partial charge in [-0.2, -0.15) is 0 Å². The molecule has 1 aliphatic rings. The van der Waals surface area contributed by atoms with Crippen LogP contribution in [0.25, 0.3) is 6.08 Å². The van der Waals surface area contributed by atoms with Crippen LogP contribution in [0.1, 0.15) is 32.3 Å². The van der Waals surface area contributed by atoms with Crippen LogP contribution in [0.4, 0.5) is 0 Å². The molecule has 2 rings (SSSR count). The van der Waals surface area contributed by atoms with Crippen LogP contribution in [0.3, 0.4) is 0 Å². The third-order valence-corrected chi connectivity index (χ3v) is 5.57. The number of hydrogen-bond donors (Lipinski definition) is 2. The molecule has 0 spiro atoms. The lowest BCUT2D eigenvalue weighted by molar-refractivity contribution is -0.142. The summed E-state index contributed by atoms with van der Waals surface area (Å²) in [5.41, 5.74) is 0.835. The molecule has 0 bridgehead atoms. The van der Waals surface area contributed by atoms with Gasteiger partial charge in [-0.05, 0) is 36.1 Å². The normalized spacial score (nSPS) is 16.4. The lowest BCUT2D eigenvalue weighted by atomic mass is 10.0. The number of nitrogens with one attached hydrogen (secondary N) is 1. The molecule has 1 heterocycles. The number of carboxylic acids is 1. The number of nitrogens with zero attached hydrogens (tertiary/aromatic N) is 1. The Labute approximate surface area is 179 Å². The third-order valence-electron chi connectivity index (χ3n) is 4.19. The maximum absolute atomic E-state index is 12.6. The Morgan fingerprint density at radius 1 is 1.31 bits per heavy atom. The van der Waals surface area contributed by atoms with Gasteiger partial charge in [0.05, 0.1) is 12.0 Å². The van der Waals surface area contributed by atoms with Crippen molar-refractivity contribution < 1.29 is 24.2 Å². The number of benzene rings is 1. The first kappa shape index (κ1) is 22.9. The number of carbonyl (C=O) groups excluding carboxylic acids is 2. The third kappa shape index (κ3) is 6.57. The van der Waals surface area contributed by atoms with Gasteiger partial charge in [0, 0.05) is 13.0 Å². The molecule has 1 aromatic carbocycles. The zero-order valence-electron chi connectivity index (χ0n) is 16.5. The van der Waals surface area contributed by atoms with Crippen molar-refractivity contribution in [2.24, 2.45) is 5.92 Å². The molecule has 156 valence electrons. The van der Waals surface area contributed by atoms with E-state index in [1.165, 1.54) is 16.7 Å². The molecular weight excluding hydrogens is 412 g/mol. The number of rotatable bonds is 9. The van der Waals surface area contributed by atoms with Gasteiger partial charge in [0.2, 0.25) is 5.91 Å². The molecule has 2 N–H and O–H groups in total. The van der Waals surface area contributed by atoms with E-state index < -0.39 is 17.9 Å². The highest BCUT2D eigenvalue weighted by Gasteiger charge is 2.32. The fourth-order valence-electron chi connectivity index (χ4n) is 2.72. The molecule has 0 aromatic heterocycles. The number of aliphatic carboxylic acids is 1. The van der Waals surface area contributed by atoms with Gasteiger partial charge in [0.15, 0.2) is 0 Å². The maximum Gasteiger partial charge on any atom is 0.326 e. The zero-order chi connectivity index (χ0) is 21.6. The van der Waals surface area contributed by atoms with Crippen molar-refractivity contribution >= 4 is 52.2 Å². The van der Waals surface area contributed by atoms with Crippen molar-refractivity contribution in [3.63, 3.8) is 0 Å². The monoisotopic (exact) mass is 436 g/mol. The molecule has 1 fully saturated rings. The van der Waals surface area contributed by atoms with Gasteiger partial charge in [-0.3, -0.25) is 14.5 Å². The summed E-state index contributed by atoms with van der Waals surface area (Å²) in [7, 11) is 1.58. The van der Waals surface area contributed by atoms with E-state index in [1.807, 2.05) is 26.0 Å². The van der Waals surface area contributed by atoms with Crippen LogP contribution in [0, 0.1) is 5.92 Å². The summed E-state index contributed by atoms with van der Waals surface area (Å²) in [6.07, 6.45) is 2.05. The van der Waals surface area contributed by atoms with Gasteiger partial charge in [-0.1, -0.05) is 50.0 Å². The topological polar surface area (TPSA) is 95.9 Å². The van der Waals surface area contributed by atoms with Gasteiger partial charge >= 0.3 is 5.97 Å². The van der Waals surface area contributed by atoms with E-state index >= 15 is 0 Å². The number of carboxylic acid groups (broad SMARTS) is 1. The Balaban J connectivity index is 1.96. The standard InChI is InChI=1S/C20H24N2O5S2/c1-12(2)10-15(19(25)26)21-17(23)8-9-22-18(24)16(29-20(22)28)11-13-4-6-14(27-3)7-5-13/h4-7,11-12,15H,8-10H2,1-3H3,(H,21,23)(H,25,26). The summed E-state index contributed by atoms with van der Waals surface area (Å²) in [4.78, 5) is 37.9. The van der Waals surface area contributed by atoms with Crippen LogP contribution in [0.15, 0.2) is 29.2 Å². The van der Waals surface area contributed by atoms with Gasteiger partial charge in [0.25, 0.3) is 5.91 Å². The minimum Gasteiger partial charge on any atom is -0.497 e. The number of amides is 2. The quantitative estimate of drug-likeness (QED) is 0.454. The van der Waals surface area contributed by atoms with Crippen LogP contribution < -0.4 is 10.1 Å². The summed E-state index contributed by atoms with van der Waals surface area (Å²) < 4.78 is 5.49. The number of hydrogen-bond acceptors (Lipinski definition) is 6. The fourth-order valence-corrected chi connectivity index (χ4v) is 4.03. The van der Waals surface area contributed by atoms with E-state index in [0.29, 0.717) is 15.6 Å². The van der Waals surface area contributed by atoms with Crippen LogP contribution >= 0.6 is 24.0 Å². The Morgan fingerprint density at radius 2 is 1.97 bits per heavy atom. The van der Waals surface area contributed by atoms with Gasteiger partial charge in [0.1, 0.15) is 16.1 Å². The molecule has 29 heavy (non-hydrogen) atoms. The van der Waals surface area contributed by atoms with Gasteiger partial charge in [-0.25, -0.2) is 4.79 Å². The molecule has 0 radical (unpaired) electrons. The number of ether oxygens (including phenoxy) is 1. The number of methoxy groups -OCH3 is 1. The fraction of sp³-hybridized carbons (Fsp3) is 0.400. The van der Waals surface area contributed by atoms with Crippen LogP contribution in [-0.2, 0) is 14.4 Å². The van der Waals surface area contributed by atoms with E-state index in [2.05, 4.69) is 5.32 Å². The Morgan fingerprint density at radius 3 is 2.52 bits per heavy atom. The Kier molecular flexibility index (Phi) is 8.21. The summed E-state index contributed by atoms with van der Waals surface area (Å²) in [5.74, 6) is -0.907. The molecule has 2 amide bonds. The highest BCUT2D eigenvalue weighted by atomic mass is 32.2. The molecule has 0 aliphatic carbocycles. The van der Waals surface area contributed by atoms with Crippen molar-refractivity contribution in [2.75, 3.05) is 13.7 Å². The second-order valence-electron chi connectivity index (χ2n) is 6.94. The Hall–Kier alpha value is -2.39. The highest BCUT2D eigenvalue weighted by molar-refractivity contribution is 8.26. The zero-order valence-corrected chi connectivity index (χ0v) is 18.1. The SMILES string of the molecule is COc1ccc(C=C2SC(=S)N(CCC(=O)NC(CC(C)C)C(=O)O)C2=O)cc1. The maximum atomic E-state index is 12.6. The van der Waals surface area contributed by atoms with Crippen LogP contribution in [0.5, 0.6) is 5.75 Å². The summed E-state index contributed by atoms with van der Waals surface area (Å²) in [6.45, 7) is 3.87. The lowest BCUT2D eigenvalue weighted by Crippen LogP contribution is -2.43. The highest BCUT2D eigenvalue weighted by Crippen LogP contribution is 2.32. The van der Waals surface area contributed by atoms with Crippen LogP contribution in [0.2, 0.25) is 0 Å². The molecule has 1 unspecified atom stereocenters. The smallest absolute Gasteiger partial charge is 0.326 e. The molecular formula is C20H24N2O5S2. The first-order valence-electron chi connectivity index (χ1n) is 9.12. The first-order chi connectivity index (χ1) is 13.7. The minimum absolute atomic E-state index is 0.0237. The largest absolute Gasteiger partial charge is 0.497 e. The van der Waals surface area contributed by atoms with Crippen molar-refractivity contribution in [3.8, 4) is 5.75 Å². The van der Waals surface area contributed by atoms with Gasteiger partial charge in [-0.15, -0.1) is 0 Å². The second kappa shape index (κ2) is 10.4. The van der Waals surface area contributed by atoms with E-state index in [-0.39, 0.29) is 24.8 Å². The van der Waals surface area contributed by atoms with E-state index in [0.717, 1.165) is 11.3 Å². The lowest BCUT2D eigenvalue weighted by Gasteiger charge is -2.18. The summed E-state index contributed by atoms with van der Waals surface area (Å²) in [5, 5.41) is 11.7. The number of thiocarbonyl (C=S) groups is 1. The summed E-state index contributed by atoms with van der Waals surface area (Å²) in [6, 6.07) is 6.32. The van der Waals surface area contributed by atoms with E-state index in [9.17, 15) is 19.5 Å². The summed E-state index contributed by atoms with van der Waals surface area (Å²) >= 11 is 6.45. The first-order valence-corrected chi connectivity index (χ1v) is 10.3. The van der Waals surface area contributed by atoms with E-state index in [1.54, 1.807) is 25.3 Å². The predicted molar refractivity (Wildman–Crippen MR) is 117 cm³/mol.